The van der Waals surface area contributed by atoms with Crippen molar-refractivity contribution < 1.29 is 27.5 Å². The minimum absolute atomic E-state index is 0.271. The zero-order chi connectivity index (χ0) is 23.5. The highest BCUT2D eigenvalue weighted by Gasteiger charge is 2.78. The second kappa shape index (κ2) is 7.46. The number of carbonyl (C=O) groups is 2. The summed E-state index contributed by atoms with van der Waals surface area (Å²) in [6.07, 6.45) is -1.75. The van der Waals surface area contributed by atoms with Gasteiger partial charge >= 0.3 is 6.36 Å². The van der Waals surface area contributed by atoms with E-state index in [1.165, 1.54) is 54.9 Å². The van der Waals surface area contributed by atoms with E-state index in [1.807, 2.05) is 0 Å². The minimum Gasteiger partial charge on any atom is -0.406 e. The van der Waals surface area contributed by atoms with Gasteiger partial charge in [-0.2, -0.15) is 0 Å². The average Bonchev–Trinajstić information content (AvgIpc) is 3.37. The number of ether oxygens (including phenoxy) is 1. The molecule has 10 heteroatoms. The quantitative estimate of drug-likeness (QED) is 0.458. The van der Waals surface area contributed by atoms with E-state index in [0.717, 1.165) is 4.90 Å². The highest BCUT2D eigenvalue weighted by Crippen LogP contribution is 2.68. The molecule has 5 nitrogen and oxygen atoms in total. The first-order valence-corrected chi connectivity index (χ1v) is 10.5. The molecule has 2 fully saturated rings. The molecule has 2 aliphatic rings. The first-order valence-electron chi connectivity index (χ1n) is 9.73. The molecule has 168 valence electrons. The van der Waals surface area contributed by atoms with Gasteiger partial charge in [-0.25, -0.2) is 4.90 Å². The Kier molecular flexibility index (Phi) is 4.91. The predicted octanol–water partition coefficient (Wildman–Crippen LogP) is 5.39. The molecule has 1 aromatic heterocycles. The van der Waals surface area contributed by atoms with Crippen LogP contribution in [0.25, 0.3) is 0 Å². The molecule has 33 heavy (non-hydrogen) atoms. The number of carbonyl (C=O) groups excluding carboxylic acids is 2. The molecule has 3 aromatic rings. The Balaban J connectivity index is 1.56. The fourth-order valence-corrected chi connectivity index (χ4v) is 5.33. The van der Waals surface area contributed by atoms with Crippen molar-refractivity contribution in [3.8, 4) is 5.75 Å². The molecule has 2 aromatic carbocycles. The average molecular weight is 493 g/mol. The number of benzene rings is 2. The summed E-state index contributed by atoms with van der Waals surface area (Å²) >= 11 is 12.1. The lowest BCUT2D eigenvalue weighted by molar-refractivity contribution is -0.274. The van der Waals surface area contributed by atoms with E-state index in [0.29, 0.717) is 11.1 Å². The van der Waals surface area contributed by atoms with Crippen LogP contribution in [-0.4, -0.2) is 23.2 Å². The topological polar surface area (TPSA) is 59.5 Å². The summed E-state index contributed by atoms with van der Waals surface area (Å²) in [6.45, 7) is 0. The largest absolute Gasteiger partial charge is 0.573 e. The van der Waals surface area contributed by atoms with Crippen LogP contribution in [0.4, 0.5) is 18.9 Å². The van der Waals surface area contributed by atoms with Gasteiger partial charge in [0.25, 0.3) is 0 Å². The van der Waals surface area contributed by atoms with Crippen LogP contribution in [0.1, 0.15) is 11.1 Å². The smallest absolute Gasteiger partial charge is 0.406 e. The molecule has 0 unspecified atom stereocenters. The van der Waals surface area contributed by atoms with E-state index in [9.17, 15) is 22.8 Å². The molecular weight excluding hydrogens is 480 g/mol. The van der Waals surface area contributed by atoms with Crippen molar-refractivity contribution in [3.05, 3.63) is 88.2 Å². The summed E-state index contributed by atoms with van der Waals surface area (Å²) in [7, 11) is 0. The van der Waals surface area contributed by atoms with Gasteiger partial charge < -0.3 is 4.74 Å². The molecule has 1 saturated heterocycles. The summed E-state index contributed by atoms with van der Waals surface area (Å²) in [5, 5.41) is 0.554. The molecule has 1 aliphatic carbocycles. The highest BCUT2D eigenvalue weighted by atomic mass is 35.5. The van der Waals surface area contributed by atoms with Gasteiger partial charge in [-0.1, -0.05) is 35.3 Å². The number of fused-ring (bicyclic) bond motifs is 1. The Morgan fingerprint density at radius 1 is 0.848 bits per heavy atom. The highest BCUT2D eigenvalue weighted by molar-refractivity contribution is 6.36. The number of imide groups is 1. The van der Waals surface area contributed by atoms with Crippen molar-refractivity contribution in [2.45, 2.75) is 11.8 Å². The molecule has 2 heterocycles. The SMILES string of the molecule is O=C1[C@@H]2[C@H](C(=O)N1c1cc(Cl)cc(Cl)c1)[C@@]2(c1ccncc1)c1ccc(OC(F)(F)F)cc1. The van der Waals surface area contributed by atoms with Gasteiger partial charge in [-0.15, -0.1) is 13.2 Å². The third-order valence-corrected chi connectivity index (χ3v) is 6.44. The van der Waals surface area contributed by atoms with Crippen molar-refractivity contribution in [2.24, 2.45) is 11.8 Å². The van der Waals surface area contributed by atoms with Gasteiger partial charge in [0.2, 0.25) is 11.8 Å². The van der Waals surface area contributed by atoms with Crippen LogP contribution in [0.2, 0.25) is 10.0 Å². The van der Waals surface area contributed by atoms with Crippen LogP contribution in [0.3, 0.4) is 0 Å². The summed E-state index contributed by atoms with van der Waals surface area (Å²) in [4.78, 5) is 31.9. The van der Waals surface area contributed by atoms with Crippen molar-refractivity contribution in [1.82, 2.24) is 4.98 Å². The number of pyridine rings is 1. The minimum atomic E-state index is -4.83. The van der Waals surface area contributed by atoms with Gasteiger partial charge in [0.05, 0.1) is 17.5 Å². The molecule has 0 bridgehead atoms. The number of nitrogens with zero attached hydrogens (tertiary/aromatic N) is 2. The Morgan fingerprint density at radius 3 is 1.88 bits per heavy atom. The standard InChI is InChI=1S/C23H13Cl2F3N2O3/c24-14-9-15(25)11-16(10-14)30-20(31)18-19(21(30)32)22(18,13-5-7-29-8-6-13)12-1-3-17(4-2-12)33-23(26,27)28/h1-11,18-19H/t18-,19+,22+. The molecule has 1 saturated carbocycles. The number of alkyl halides is 3. The predicted molar refractivity (Wildman–Crippen MR) is 114 cm³/mol. The van der Waals surface area contributed by atoms with Crippen LogP contribution in [0.15, 0.2) is 67.0 Å². The Labute approximate surface area is 195 Å². The maximum absolute atomic E-state index is 13.4. The van der Waals surface area contributed by atoms with Crippen LogP contribution < -0.4 is 9.64 Å². The number of piperidine rings is 1. The van der Waals surface area contributed by atoms with Crippen LogP contribution in [-0.2, 0) is 15.0 Å². The van der Waals surface area contributed by atoms with Crippen molar-refractivity contribution >= 4 is 40.7 Å². The second-order valence-electron chi connectivity index (χ2n) is 7.77. The van der Waals surface area contributed by atoms with Gasteiger partial charge in [-0.3, -0.25) is 14.6 Å². The van der Waals surface area contributed by atoms with E-state index in [4.69, 9.17) is 23.2 Å². The van der Waals surface area contributed by atoms with Gasteiger partial charge in [-0.05, 0) is 53.6 Å². The van der Waals surface area contributed by atoms with Crippen LogP contribution in [0, 0.1) is 11.8 Å². The van der Waals surface area contributed by atoms with E-state index in [2.05, 4.69) is 9.72 Å². The van der Waals surface area contributed by atoms with Gasteiger partial charge in [0.1, 0.15) is 5.75 Å². The lowest BCUT2D eigenvalue weighted by Gasteiger charge is -2.27. The summed E-state index contributed by atoms with van der Waals surface area (Å²) in [5.41, 5.74) is 0.450. The molecule has 1 aliphatic heterocycles. The van der Waals surface area contributed by atoms with Crippen LogP contribution >= 0.6 is 23.2 Å². The number of hydrogen-bond acceptors (Lipinski definition) is 4. The lowest BCUT2D eigenvalue weighted by Crippen LogP contribution is -2.39. The van der Waals surface area contributed by atoms with E-state index < -0.39 is 41.2 Å². The number of amides is 2. The first-order chi connectivity index (χ1) is 15.6. The maximum atomic E-state index is 13.4. The fraction of sp³-hybridized carbons (Fsp3) is 0.174. The lowest BCUT2D eigenvalue weighted by atomic mass is 9.83. The monoisotopic (exact) mass is 492 g/mol. The summed E-state index contributed by atoms with van der Waals surface area (Å²) in [6, 6.07) is 13.1. The van der Waals surface area contributed by atoms with Crippen LogP contribution in [0.5, 0.6) is 5.75 Å². The molecule has 0 radical (unpaired) electrons. The van der Waals surface area contributed by atoms with E-state index in [1.54, 1.807) is 12.1 Å². The summed E-state index contributed by atoms with van der Waals surface area (Å²) < 4.78 is 41.6. The van der Waals surface area contributed by atoms with Crippen molar-refractivity contribution in [3.63, 3.8) is 0 Å². The number of halogens is 5. The Bertz CT molecular complexity index is 1220. The number of anilines is 1. The van der Waals surface area contributed by atoms with Gasteiger partial charge in [0, 0.05) is 27.9 Å². The zero-order valence-electron chi connectivity index (χ0n) is 16.5. The fourth-order valence-electron chi connectivity index (χ4n) is 4.82. The second-order valence-corrected chi connectivity index (χ2v) is 8.64. The van der Waals surface area contributed by atoms with Gasteiger partial charge in [0.15, 0.2) is 0 Å². The Morgan fingerprint density at radius 2 is 1.36 bits per heavy atom. The normalized spacial score (nSPS) is 24.1. The third kappa shape index (κ3) is 3.45. The van der Waals surface area contributed by atoms with E-state index >= 15 is 0 Å². The number of aromatic nitrogens is 1. The number of hydrogen-bond donors (Lipinski definition) is 0. The zero-order valence-corrected chi connectivity index (χ0v) is 18.0. The Hall–Kier alpha value is -3.10. The van der Waals surface area contributed by atoms with E-state index in [-0.39, 0.29) is 15.7 Å². The van der Waals surface area contributed by atoms with Crippen molar-refractivity contribution in [2.75, 3.05) is 4.90 Å². The molecular formula is C23H13Cl2F3N2O3. The molecule has 0 N–H and O–H groups in total. The number of rotatable bonds is 4. The third-order valence-electron chi connectivity index (χ3n) is 6.01. The molecule has 0 spiro atoms. The first kappa shape index (κ1) is 21.7. The molecule has 2 amide bonds. The maximum Gasteiger partial charge on any atom is 0.573 e. The summed E-state index contributed by atoms with van der Waals surface area (Å²) in [5.74, 6) is -2.74. The molecule has 3 atom stereocenters. The van der Waals surface area contributed by atoms with Crippen molar-refractivity contribution in [1.29, 1.82) is 0 Å². The molecule has 5 rings (SSSR count).